The number of methoxy groups -OCH3 is 2. The molecule has 0 bridgehead atoms. The lowest BCUT2D eigenvalue weighted by Gasteiger charge is -2.33. The highest BCUT2D eigenvalue weighted by molar-refractivity contribution is 7.92. The number of ether oxygens (including phenoxy) is 2. The van der Waals surface area contributed by atoms with Crippen LogP contribution >= 0.6 is 0 Å². The molecule has 0 aliphatic rings. The Labute approximate surface area is 222 Å². The Balaban J connectivity index is 2.54. The highest BCUT2D eigenvalue weighted by Crippen LogP contribution is 2.34. The average Bonchev–Trinajstić information content (AvgIpc) is 2.89. The van der Waals surface area contributed by atoms with Gasteiger partial charge in [0.2, 0.25) is 21.8 Å². The standard InChI is InChI=1S/C25H34N4O8S/c1-6-14-26-25(31)21(7-2)27(16-18-8-11-20(36-3)12-9-18)24(30)17-28(38(5,34)35)22-15-19(29(32)33)10-13-23(22)37-4/h8-13,15,21H,6-7,14,16-17H2,1-5H3,(H,26,31). The first kappa shape index (κ1) is 30.4. The maximum absolute atomic E-state index is 13.7. The molecule has 0 aromatic heterocycles. The highest BCUT2D eigenvalue weighted by atomic mass is 32.2. The Morgan fingerprint density at radius 1 is 1.08 bits per heavy atom. The van der Waals surface area contributed by atoms with Gasteiger partial charge in [-0.3, -0.25) is 24.0 Å². The Bertz CT molecular complexity index is 1230. The Kier molecular flexibility index (Phi) is 10.9. The molecule has 2 aromatic carbocycles. The number of nitro benzene ring substituents is 1. The van der Waals surface area contributed by atoms with Crippen LogP contribution in [-0.2, 0) is 26.2 Å². The van der Waals surface area contributed by atoms with Gasteiger partial charge in [-0.15, -0.1) is 0 Å². The van der Waals surface area contributed by atoms with Crippen LogP contribution in [0.5, 0.6) is 11.5 Å². The zero-order valence-corrected chi connectivity index (χ0v) is 23.0. The second-order valence-corrected chi connectivity index (χ2v) is 10.4. The summed E-state index contributed by atoms with van der Waals surface area (Å²) >= 11 is 0. The number of rotatable bonds is 14. The lowest BCUT2D eigenvalue weighted by molar-refractivity contribution is -0.384. The quantitative estimate of drug-likeness (QED) is 0.279. The zero-order chi connectivity index (χ0) is 28.5. The van der Waals surface area contributed by atoms with Gasteiger partial charge < -0.3 is 19.7 Å². The molecule has 2 rings (SSSR count). The van der Waals surface area contributed by atoms with Gasteiger partial charge in [0.15, 0.2) is 0 Å². The van der Waals surface area contributed by atoms with Crippen LogP contribution in [0.3, 0.4) is 0 Å². The van der Waals surface area contributed by atoms with Crippen LogP contribution in [0.25, 0.3) is 0 Å². The minimum absolute atomic E-state index is 0.0184. The van der Waals surface area contributed by atoms with Crippen LogP contribution in [0, 0.1) is 10.1 Å². The summed E-state index contributed by atoms with van der Waals surface area (Å²) in [6, 6.07) is 9.50. The highest BCUT2D eigenvalue weighted by Gasteiger charge is 2.33. The van der Waals surface area contributed by atoms with E-state index in [1.54, 1.807) is 31.2 Å². The normalized spacial score (nSPS) is 11.8. The molecule has 1 unspecified atom stereocenters. The van der Waals surface area contributed by atoms with Crippen molar-refractivity contribution in [3.63, 3.8) is 0 Å². The molecular weight excluding hydrogens is 516 g/mol. The van der Waals surface area contributed by atoms with Crippen LogP contribution in [0.15, 0.2) is 42.5 Å². The lowest BCUT2D eigenvalue weighted by Crippen LogP contribution is -2.52. The lowest BCUT2D eigenvalue weighted by atomic mass is 10.1. The van der Waals surface area contributed by atoms with Crippen molar-refractivity contribution in [2.45, 2.75) is 39.3 Å². The minimum atomic E-state index is -4.10. The zero-order valence-electron chi connectivity index (χ0n) is 22.2. The second-order valence-electron chi connectivity index (χ2n) is 8.47. The summed E-state index contributed by atoms with van der Waals surface area (Å²) in [6.45, 7) is 3.38. The third kappa shape index (κ3) is 7.81. The molecule has 0 aliphatic heterocycles. The van der Waals surface area contributed by atoms with Gasteiger partial charge in [-0.2, -0.15) is 0 Å². The van der Waals surface area contributed by atoms with E-state index in [-0.39, 0.29) is 36.0 Å². The number of nitro groups is 1. The first-order chi connectivity index (χ1) is 18.0. The molecular formula is C25H34N4O8S. The van der Waals surface area contributed by atoms with Gasteiger partial charge in [0.25, 0.3) is 5.69 Å². The van der Waals surface area contributed by atoms with E-state index in [9.17, 15) is 28.1 Å². The summed E-state index contributed by atoms with van der Waals surface area (Å²) in [5.74, 6) is -0.392. The first-order valence-corrected chi connectivity index (χ1v) is 13.8. The largest absolute Gasteiger partial charge is 0.497 e. The number of hydrogen-bond donors (Lipinski definition) is 1. The summed E-state index contributed by atoms with van der Waals surface area (Å²) in [5, 5.41) is 14.2. The minimum Gasteiger partial charge on any atom is -0.497 e. The fraction of sp³-hybridized carbons (Fsp3) is 0.440. The molecule has 0 saturated carbocycles. The van der Waals surface area contributed by atoms with Gasteiger partial charge in [0.05, 0.1) is 25.4 Å². The summed E-state index contributed by atoms with van der Waals surface area (Å²) in [6.07, 6.45) is 1.86. The van der Waals surface area contributed by atoms with E-state index in [1.807, 2.05) is 6.92 Å². The van der Waals surface area contributed by atoms with E-state index in [0.29, 0.717) is 24.3 Å². The molecule has 1 atom stereocenters. The summed E-state index contributed by atoms with van der Waals surface area (Å²) in [4.78, 5) is 38.7. The van der Waals surface area contributed by atoms with Crippen LogP contribution < -0.4 is 19.1 Å². The topological polar surface area (TPSA) is 148 Å². The van der Waals surface area contributed by atoms with Gasteiger partial charge in [-0.25, -0.2) is 8.42 Å². The summed E-state index contributed by atoms with van der Waals surface area (Å²) in [7, 11) is -1.29. The molecule has 2 aromatic rings. The fourth-order valence-electron chi connectivity index (χ4n) is 3.79. The van der Waals surface area contributed by atoms with E-state index < -0.39 is 33.4 Å². The number of amides is 2. The molecule has 0 radical (unpaired) electrons. The number of nitrogens with one attached hydrogen (secondary N) is 1. The Hall–Kier alpha value is -3.87. The van der Waals surface area contributed by atoms with E-state index in [0.717, 1.165) is 16.6 Å². The van der Waals surface area contributed by atoms with Crippen molar-refractivity contribution in [3.8, 4) is 11.5 Å². The molecule has 1 N–H and O–H groups in total. The van der Waals surface area contributed by atoms with E-state index >= 15 is 0 Å². The molecule has 208 valence electrons. The second kappa shape index (κ2) is 13.6. The van der Waals surface area contributed by atoms with Crippen molar-refractivity contribution in [2.75, 3.05) is 37.9 Å². The SMILES string of the molecule is CCCNC(=O)C(CC)N(Cc1ccc(OC)cc1)C(=O)CN(c1cc([N+](=O)[O-])ccc1OC)S(C)(=O)=O. The number of carbonyl (C=O) groups is 2. The number of anilines is 1. The van der Waals surface area contributed by atoms with Crippen LogP contribution in [0.4, 0.5) is 11.4 Å². The monoisotopic (exact) mass is 550 g/mol. The predicted molar refractivity (Wildman–Crippen MR) is 143 cm³/mol. The van der Waals surface area contributed by atoms with E-state index in [4.69, 9.17) is 9.47 Å². The Morgan fingerprint density at radius 2 is 1.74 bits per heavy atom. The van der Waals surface area contributed by atoms with E-state index in [2.05, 4.69) is 5.32 Å². The molecule has 0 saturated heterocycles. The maximum Gasteiger partial charge on any atom is 0.271 e. The van der Waals surface area contributed by atoms with Crippen molar-refractivity contribution >= 4 is 33.2 Å². The van der Waals surface area contributed by atoms with Gasteiger partial charge in [-0.05, 0) is 36.6 Å². The van der Waals surface area contributed by atoms with Crippen LogP contribution in [0.2, 0.25) is 0 Å². The number of non-ortho nitro benzene ring substituents is 1. The number of benzene rings is 2. The van der Waals surface area contributed by atoms with Crippen molar-refractivity contribution < 1.29 is 32.4 Å². The van der Waals surface area contributed by atoms with E-state index in [1.165, 1.54) is 31.3 Å². The molecule has 13 heteroatoms. The van der Waals surface area contributed by atoms with Gasteiger partial charge in [-0.1, -0.05) is 26.0 Å². The smallest absolute Gasteiger partial charge is 0.271 e. The molecule has 12 nitrogen and oxygen atoms in total. The van der Waals surface area contributed by atoms with Gasteiger partial charge in [0.1, 0.15) is 29.8 Å². The van der Waals surface area contributed by atoms with Gasteiger partial charge >= 0.3 is 0 Å². The van der Waals surface area contributed by atoms with Crippen molar-refractivity contribution in [1.29, 1.82) is 0 Å². The van der Waals surface area contributed by atoms with Crippen molar-refractivity contribution in [3.05, 3.63) is 58.1 Å². The predicted octanol–water partition coefficient (Wildman–Crippen LogP) is 2.71. The third-order valence-corrected chi connectivity index (χ3v) is 6.89. The summed E-state index contributed by atoms with van der Waals surface area (Å²) in [5.41, 5.74) is 0.160. The number of nitrogens with zero attached hydrogens (tertiary/aromatic N) is 3. The molecule has 0 spiro atoms. The maximum atomic E-state index is 13.7. The number of sulfonamides is 1. The third-order valence-electron chi connectivity index (χ3n) is 5.77. The van der Waals surface area contributed by atoms with Crippen molar-refractivity contribution in [1.82, 2.24) is 10.2 Å². The summed E-state index contributed by atoms with van der Waals surface area (Å²) < 4.78 is 36.8. The van der Waals surface area contributed by atoms with Crippen LogP contribution in [-0.4, -0.2) is 69.7 Å². The number of hydrogen-bond acceptors (Lipinski definition) is 8. The molecule has 38 heavy (non-hydrogen) atoms. The fourth-order valence-corrected chi connectivity index (χ4v) is 4.64. The number of carbonyl (C=O) groups excluding carboxylic acids is 2. The molecule has 0 aliphatic carbocycles. The van der Waals surface area contributed by atoms with Crippen molar-refractivity contribution in [2.24, 2.45) is 0 Å². The first-order valence-electron chi connectivity index (χ1n) is 12.0. The molecule has 2 amide bonds. The van der Waals surface area contributed by atoms with Gasteiger partial charge in [0, 0.05) is 25.2 Å². The Morgan fingerprint density at radius 3 is 2.24 bits per heavy atom. The van der Waals surface area contributed by atoms with Crippen LogP contribution in [0.1, 0.15) is 32.3 Å². The average molecular weight is 551 g/mol. The molecule has 0 heterocycles. The molecule has 0 fully saturated rings.